The normalized spacial score (nSPS) is 11.0. The highest BCUT2D eigenvalue weighted by Crippen LogP contribution is 2.27. The molecule has 0 fully saturated rings. The molecule has 0 atom stereocenters. The minimum absolute atomic E-state index is 0.170. The number of hydrogen-bond donors (Lipinski definition) is 1. The van der Waals surface area contributed by atoms with Crippen LogP contribution in [0.2, 0.25) is 5.02 Å². The van der Waals surface area contributed by atoms with Gasteiger partial charge in [-0.2, -0.15) is 0 Å². The Kier molecular flexibility index (Phi) is 3.74. The van der Waals surface area contributed by atoms with Crippen LogP contribution in [0.3, 0.4) is 0 Å². The van der Waals surface area contributed by atoms with Crippen molar-refractivity contribution in [2.75, 3.05) is 0 Å². The first-order chi connectivity index (χ1) is 12.1. The van der Waals surface area contributed by atoms with E-state index in [-0.39, 0.29) is 5.75 Å². The Hall–Kier alpha value is -3.12. The third-order valence-electron chi connectivity index (χ3n) is 3.53. The van der Waals surface area contributed by atoms with Crippen molar-refractivity contribution in [3.05, 3.63) is 71.6 Å². The predicted molar refractivity (Wildman–Crippen MR) is 91.6 cm³/mol. The molecule has 0 unspecified atom stereocenters. The molecular weight excluding hydrogens is 345 g/mol. The number of rotatable bonds is 3. The number of phenolic OH excluding ortho intramolecular Hbond substituents is 1. The average molecular weight is 356 g/mol. The van der Waals surface area contributed by atoms with E-state index in [1.807, 2.05) is 0 Å². The largest absolute Gasteiger partial charge is 0.508 e. The number of hydrogen-bond acceptors (Lipinski definition) is 4. The third kappa shape index (κ3) is 3.12. The van der Waals surface area contributed by atoms with Crippen molar-refractivity contribution in [2.45, 2.75) is 0 Å². The summed E-state index contributed by atoms with van der Waals surface area (Å²) in [6.07, 6.45) is 1.56. The van der Waals surface area contributed by atoms with Crippen molar-refractivity contribution in [3.63, 3.8) is 0 Å². The maximum Gasteiger partial charge on any atom is 0.237 e. The van der Waals surface area contributed by atoms with Crippen LogP contribution in [0.15, 0.2) is 60.8 Å². The number of phenols is 1. The zero-order valence-electron chi connectivity index (χ0n) is 12.7. The number of aromatic hydroxyl groups is 1. The Morgan fingerprint density at radius 1 is 1.08 bits per heavy atom. The number of aromatic nitrogens is 3. The van der Waals surface area contributed by atoms with E-state index in [1.165, 1.54) is 16.6 Å². The van der Waals surface area contributed by atoms with E-state index in [4.69, 9.17) is 16.3 Å². The SMILES string of the molecule is Oc1cc(F)cc(-c2cnc3ccc(Oc4cccc(Cl)c4)nn23)c1. The Bertz CT molecular complexity index is 1060. The molecule has 0 bridgehead atoms. The molecule has 2 aromatic carbocycles. The van der Waals surface area contributed by atoms with Crippen LogP contribution in [-0.2, 0) is 0 Å². The summed E-state index contributed by atoms with van der Waals surface area (Å²) in [5.74, 6) is 0.159. The summed E-state index contributed by atoms with van der Waals surface area (Å²) < 4.78 is 20.8. The topological polar surface area (TPSA) is 59.7 Å². The molecule has 0 aliphatic rings. The quantitative estimate of drug-likeness (QED) is 0.579. The summed E-state index contributed by atoms with van der Waals surface area (Å²) in [7, 11) is 0. The van der Waals surface area contributed by atoms with Gasteiger partial charge in [-0.3, -0.25) is 0 Å². The Morgan fingerprint density at radius 2 is 1.96 bits per heavy atom. The van der Waals surface area contributed by atoms with Gasteiger partial charge in [-0.05, 0) is 36.4 Å². The first-order valence-corrected chi connectivity index (χ1v) is 7.74. The van der Waals surface area contributed by atoms with Gasteiger partial charge in [0.25, 0.3) is 0 Å². The van der Waals surface area contributed by atoms with E-state index in [2.05, 4.69) is 10.1 Å². The van der Waals surface area contributed by atoms with Crippen LogP contribution in [0.25, 0.3) is 16.9 Å². The first kappa shape index (κ1) is 15.4. The van der Waals surface area contributed by atoms with Crippen LogP contribution in [0, 0.1) is 5.82 Å². The average Bonchev–Trinajstić information content (AvgIpc) is 2.97. The third-order valence-corrected chi connectivity index (χ3v) is 3.77. The van der Waals surface area contributed by atoms with Crippen molar-refractivity contribution >= 4 is 17.2 Å². The van der Waals surface area contributed by atoms with Crippen molar-refractivity contribution in [2.24, 2.45) is 0 Å². The molecule has 2 aromatic heterocycles. The van der Waals surface area contributed by atoms with Crippen molar-refractivity contribution in [1.29, 1.82) is 0 Å². The molecular formula is C18H11ClFN3O2. The number of imidazole rings is 1. The molecule has 0 saturated heterocycles. The zero-order chi connectivity index (χ0) is 17.4. The lowest BCUT2D eigenvalue weighted by molar-refractivity contribution is 0.453. The molecule has 2 heterocycles. The van der Waals surface area contributed by atoms with Crippen LogP contribution >= 0.6 is 11.6 Å². The molecule has 0 amide bonds. The Balaban J connectivity index is 1.77. The molecule has 0 aliphatic carbocycles. The Morgan fingerprint density at radius 3 is 2.76 bits per heavy atom. The number of benzene rings is 2. The molecule has 25 heavy (non-hydrogen) atoms. The summed E-state index contributed by atoms with van der Waals surface area (Å²) in [6.45, 7) is 0. The molecule has 0 saturated carbocycles. The van der Waals surface area contributed by atoms with E-state index < -0.39 is 5.82 Å². The smallest absolute Gasteiger partial charge is 0.237 e. The van der Waals surface area contributed by atoms with Crippen molar-refractivity contribution in [1.82, 2.24) is 14.6 Å². The van der Waals surface area contributed by atoms with Crippen LogP contribution in [0.1, 0.15) is 0 Å². The van der Waals surface area contributed by atoms with Crippen LogP contribution in [0.4, 0.5) is 4.39 Å². The predicted octanol–water partition coefficient (Wildman–Crippen LogP) is 4.69. The number of fused-ring (bicyclic) bond motifs is 1. The highest BCUT2D eigenvalue weighted by atomic mass is 35.5. The first-order valence-electron chi connectivity index (χ1n) is 7.37. The van der Waals surface area contributed by atoms with Gasteiger partial charge in [0.2, 0.25) is 5.88 Å². The van der Waals surface area contributed by atoms with Gasteiger partial charge in [-0.15, -0.1) is 5.10 Å². The summed E-state index contributed by atoms with van der Waals surface area (Å²) >= 11 is 5.95. The monoisotopic (exact) mass is 355 g/mol. The fourth-order valence-electron chi connectivity index (χ4n) is 2.48. The number of halogens is 2. The summed E-state index contributed by atoms with van der Waals surface area (Å²) in [5, 5.41) is 14.5. The number of nitrogens with zero attached hydrogens (tertiary/aromatic N) is 3. The molecule has 124 valence electrons. The van der Waals surface area contributed by atoms with Gasteiger partial charge >= 0.3 is 0 Å². The van der Waals surface area contributed by atoms with E-state index >= 15 is 0 Å². The molecule has 0 radical (unpaired) electrons. The summed E-state index contributed by atoms with van der Waals surface area (Å²) in [5.41, 5.74) is 1.55. The molecule has 4 rings (SSSR count). The van der Waals surface area contributed by atoms with Crippen LogP contribution in [0.5, 0.6) is 17.4 Å². The van der Waals surface area contributed by atoms with E-state index in [1.54, 1.807) is 42.6 Å². The zero-order valence-corrected chi connectivity index (χ0v) is 13.5. The standard InChI is InChI=1S/C18H11ClFN3O2/c19-12-2-1-3-15(8-12)25-18-5-4-17-21-10-16(23(17)22-18)11-6-13(20)9-14(24)7-11/h1-10,24H. The lowest BCUT2D eigenvalue weighted by Gasteiger charge is -2.07. The molecule has 0 aliphatic heterocycles. The molecule has 5 nitrogen and oxygen atoms in total. The van der Waals surface area contributed by atoms with Crippen LogP contribution < -0.4 is 4.74 Å². The Labute approximate surface area is 146 Å². The molecule has 1 N–H and O–H groups in total. The second kappa shape index (κ2) is 6.07. The summed E-state index contributed by atoms with van der Waals surface area (Å²) in [4.78, 5) is 4.24. The molecule has 4 aromatic rings. The van der Waals surface area contributed by atoms with E-state index in [0.717, 1.165) is 6.07 Å². The fraction of sp³-hybridized carbons (Fsp3) is 0. The fourth-order valence-corrected chi connectivity index (χ4v) is 2.66. The minimum Gasteiger partial charge on any atom is -0.508 e. The van der Waals surface area contributed by atoms with E-state index in [0.29, 0.717) is 33.6 Å². The van der Waals surface area contributed by atoms with Gasteiger partial charge in [-0.1, -0.05) is 17.7 Å². The van der Waals surface area contributed by atoms with Gasteiger partial charge in [0.05, 0.1) is 11.9 Å². The van der Waals surface area contributed by atoms with Crippen molar-refractivity contribution < 1.29 is 14.2 Å². The second-order valence-corrected chi connectivity index (χ2v) is 5.78. The molecule has 0 spiro atoms. The maximum absolute atomic E-state index is 13.6. The van der Waals surface area contributed by atoms with Gasteiger partial charge in [0.1, 0.15) is 17.3 Å². The van der Waals surface area contributed by atoms with Crippen molar-refractivity contribution in [3.8, 4) is 28.6 Å². The van der Waals surface area contributed by atoms with Gasteiger partial charge in [0.15, 0.2) is 5.65 Å². The number of ether oxygens (including phenoxy) is 1. The van der Waals surface area contributed by atoms with Crippen LogP contribution in [-0.4, -0.2) is 19.7 Å². The summed E-state index contributed by atoms with van der Waals surface area (Å²) in [6, 6.07) is 14.1. The van der Waals surface area contributed by atoms with Gasteiger partial charge in [-0.25, -0.2) is 13.9 Å². The lowest BCUT2D eigenvalue weighted by atomic mass is 10.1. The highest BCUT2D eigenvalue weighted by molar-refractivity contribution is 6.30. The van der Waals surface area contributed by atoms with Gasteiger partial charge in [0, 0.05) is 22.7 Å². The maximum atomic E-state index is 13.6. The van der Waals surface area contributed by atoms with E-state index in [9.17, 15) is 9.50 Å². The van der Waals surface area contributed by atoms with Gasteiger partial charge < -0.3 is 9.84 Å². The minimum atomic E-state index is -0.545. The highest BCUT2D eigenvalue weighted by Gasteiger charge is 2.11. The second-order valence-electron chi connectivity index (χ2n) is 5.34. The lowest BCUT2D eigenvalue weighted by Crippen LogP contribution is -1.97. The molecule has 7 heteroatoms.